The van der Waals surface area contributed by atoms with Gasteiger partial charge in [-0.1, -0.05) is 23.7 Å². The highest BCUT2D eigenvalue weighted by Crippen LogP contribution is 2.41. The van der Waals surface area contributed by atoms with Crippen LogP contribution in [0.15, 0.2) is 54.3 Å². The van der Waals surface area contributed by atoms with Crippen molar-refractivity contribution >= 4 is 23.5 Å². The number of halogens is 1. The van der Waals surface area contributed by atoms with Gasteiger partial charge in [0.1, 0.15) is 23.9 Å². The highest BCUT2D eigenvalue weighted by atomic mass is 35.5. The molecule has 0 saturated heterocycles. The predicted octanol–water partition coefficient (Wildman–Crippen LogP) is 5.87. The molecule has 0 aliphatic carbocycles. The second-order valence-electron chi connectivity index (χ2n) is 7.37. The molecule has 0 N–H and O–H groups in total. The fraction of sp³-hybridized carbons (Fsp3) is 0.192. The molecular weight excluding hydrogens is 444 g/mol. The predicted molar refractivity (Wildman–Crippen MR) is 126 cm³/mol. The first-order chi connectivity index (χ1) is 15.9. The van der Waals surface area contributed by atoms with Crippen LogP contribution in [0.5, 0.6) is 28.7 Å². The van der Waals surface area contributed by atoms with E-state index in [-0.39, 0.29) is 11.5 Å². The summed E-state index contributed by atoms with van der Waals surface area (Å²) in [5.74, 6) is 2.67. The molecule has 0 bridgehead atoms. The fourth-order valence-electron chi connectivity index (χ4n) is 3.57. The maximum absolute atomic E-state index is 13.0. The van der Waals surface area contributed by atoms with Gasteiger partial charge in [-0.15, -0.1) is 0 Å². The summed E-state index contributed by atoms with van der Waals surface area (Å²) >= 11 is 5.94. The minimum atomic E-state index is -0.214. The number of hydrogen-bond acceptors (Lipinski definition) is 6. The van der Waals surface area contributed by atoms with Crippen LogP contribution in [0.4, 0.5) is 0 Å². The van der Waals surface area contributed by atoms with Gasteiger partial charge < -0.3 is 23.7 Å². The normalized spacial score (nSPS) is 13.5. The highest BCUT2D eigenvalue weighted by molar-refractivity contribution is 6.30. The molecule has 7 heteroatoms. The van der Waals surface area contributed by atoms with Crippen LogP contribution in [-0.4, -0.2) is 27.1 Å². The van der Waals surface area contributed by atoms with Crippen LogP contribution in [0.1, 0.15) is 27.0 Å². The summed E-state index contributed by atoms with van der Waals surface area (Å²) in [6.07, 6.45) is 1.64. The molecule has 3 aromatic rings. The first-order valence-corrected chi connectivity index (χ1v) is 10.6. The van der Waals surface area contributed by atoms with Crippen LogP contribution in [0.2, 0.25) is 5.02 Å². The molecule has 0 aromatic heterocycles. The van der Waals surface area contributed by atoms with Gasteiger partial charge in [-0.05, 0) is 48.9 Å². The number of ketones is 1. The van der Waals surface area contributed by atoms with Gasteiger partial charge in [0.15, 0.2) is 17.3 Å². The number of fused-ring (bicyclic) bond motifs is 1. The van der Waals surface area contributed by atoms with E-state index in [4.69, 9.17) is 35.3 Å². The second-order valence-corrected chi connectivity index (χ2v) is 7.81. The summed E-state index contributed by atoms with van der Waals surface area (Å²) in [6, 6.07) is 14.4. The number of allylic oxidation sites excluding steroid dienone is 1. The lowest BCUT2D eigenvalue weighted by molar-refractivity contribution is 0.101. The first-order valence-electron chi connectivity index (χ1n) is 10.2. The Morgan fingerprint density at radius 3 is 2.21 bits per heavy atom. The summed E-state index contributed by atoms with van der Waals surface area (Å²) in [6.45, 7) is 2.24. The number of rotatable bonds is 7. The van der Waals surface area contributed by atoms with Crippen molar-refractivity contribution in [2.45, 2.75) is 13.5 Å². The molecule has 0 unspecified atom stereocenters. The van der Waals surface area contributed by atoms with E-state index in [0.717, 1.165) is 11.1 Å². The molecule has 0 atom stereocenters. The average Bonchev–Trinajstić information content (AvgIpc) is 3.15. The summed E-state index contributed by atoms with van der Waals surface area (Å²) < 4.78 is 28.1. The van der Waals surface area contributed by atoms with Crippen molar-refractivity contribution in [1.29, 1.82) is 0 Å². The maximum Gasteiger partial charge on any atom is 0.231 e. The van der Waals surface area contributed by atoms with E-state index in [9.17, 15) is 4.79 Å². The lowest BCUT2D eigenvalue weighted by atomic mass is 10.1. The van der Waals surface area contributed by atoms with Gasteiger partial charge in [-0.25, -0.2) is 0 Å². The van der Waals surface area contributed by atoms with Gasteiger partial charge in [-0.2, -0.15) is 0 Å². The zero-order valence-corrected chi connectivity index (χ0v) is 19.5. The Morgan fingerprint density at radius 1 is 0.879 bits per heavy atom. The smallest absolute Gasteiger partial charge is 0.231 e. The number of ether oxygens (including phenoxy) is 5. The van der Waals surface area contributed by atoms with E-state index in [2.05, 4.69) is 0 Å². The minimum Gasteiger partial charge on any atom is -0.496 e. The van der Waals surface area contributed by atoms with Crippen LogP contribution < -0.4 is 23.7 Å². The molecule has 0 amide bonds. The number of methoxy groups -OCH3 is 3. The van der Waals surface area contributed by atoms with Crippen molar-refractivity contribution in [1.82, 2.24) is 0 Å². The third kappa shape index (κ3) is 4.47. The van der Waals surface area contributed by atoms with Crippen LogP contribution in [-0.2, 0) is 6.61 Å². The SMILES string of the molecule is COc1cc(OC)c(OC)cc1/C=C1\Oc2c(ccc(OCc3ccc(Cl)cc3)c2C)C1=O. The van der Waals surface area contributed by atoms with Crippen LogP contribution in [0.25, 0.3) is 6.08 Å². The van der Waals surface area contributed by atoms with Crippen LogP contribution >= 0.6 is 11.6 Å². The molecule has 6 nitrogen and oxygen atoms in total. The first kappa shape index (κ1) is 22.6. The van der Waals surface area contributed by atoms with Crippen molar-refractivity contribution in [3.63, 3.8) is 0 Å². The molecule has 0 saturated carbocycles. The van der Waals surface area contributed by atoms with E-state index < -0.39 is 0 Å². The zero-order chi connectivity index (χ0) is 23.5. The topological polar surface area (TPSA) is 63.2 Å². The van der Waals surface area contributed by atoms with Gasteiger partial charge in [0, 0.05) is 22.2 Å². The Kier molecular flexibility index (Phi) is 6.47. The lowest BCUT2D eigenvalue weighted by Gasteiger charge is -2.13. The Labute approximate surface area is 197 Å². The molecule has 33 heavy (non-hydrogen) atoms. The lowest BCUT2D eigenvalue weighted by Crippen LogP contribution is -2.00. The number of benzene rings is 3. The Balaban J connectivity index is 1.61. The molecule has 0 spiro atoms. The molecular formula is C26H23ClO6. The van der Waals surface area contributed by atoms with Crippen LogP contribution in [0, 0.1) is 6.92 Å². The number of carbonyl (C=O) groups is 1. The molecule has 4 rings (SSSR count). The fourth-order valence-corrected chi connectivity index (χ4v) is 3.70. The molecule has 0 fully saturated rings. The summed E-state index contributed by atoms with van der Waals surface area (Å²) in [7, 11) is 4.64. The van der Waals surface area contributed by atoms with Crippen molar-refractivity contribution < 1.29 is 28.5 Å². The molecule has 3 aromatic carbocycles. The highest BCUT2D eigenvalue weighted by Gasteiger charge is 2.30. The van der Waals surface area contributed by atoms with Gasteiger partial charge in [0.05, 0.1) is 26.9 Å². The zero-order valence-electron chi connectivity index (χ0n) is 18.7. The van der Waals surface area contributed by atoms with Gasteiger partial charge in [-0.3, -0.25) is 4.79 Å². The summed E-state index contributed by atoms with van der Waals surface area (Å²) in [4.78, 5) is 13.0. The van der Waals surface area contributed by atoms with E-state index in [1.807, 2.05) is 31.2 Å². The average molecular weight is 467 g/mol. The standard InChI is InChI=1S/C26H23ClO6/c1-15-20(32-14-16-5-7-18(27)8-6-16)10-9-19-25(28)24(33-26(15)19)12-17-11-22(30-3)23(31-4)13-21(17)29-2/h5-13H,14H2,1-4H3/b24-12-. The second kappa shape index (κ2) is 9.46. The molecule has 170 valence electrons. The van der Waals surface area contributed by atoms with E-state index in [1.54, 1.807) is 51.7 Å². The summed E-state index contributed by atoms with van der Waals surface area (Å²) in [5.41, 5.74) is 2.84. The van der Waals surface area contributed by atoms with Crippen molar-refractivity contribution in [3.8, 4) is 28.7 Å². The molecule has 1 aliphatic heterocycles. The largest absolute Gasteiger partial charge is 0.496 e. The number of Topliss-reactive ketones (excluding diaryl/α,β-unsaturated/α-hetero) is 1. The van der Waals surface area contributed by atoms with E-state index >= 15 is 0 Å². The minimum absolute atomic E-state index is 0.188. The van der Waals surface area contributed by atoms with Crippen molar-refractivity contribution in [3.05, 3.63) is 81.6 Å². The maximum atomic E-state index is 13.0. The Morgan fingerprint density at radius 2 is 1.55 bits per heavy atom. The van der Waals surface area contributed by atoms with E-state index in [1.165, 1.54) is 0 Å². The molecule has 0 radical (unpaired) electrons. The quantitative estimate of drug-likeness (QED) is 0.406. The number of carbonyl (C=O) groups excluding carboxylic acids is 1. The summed E-state index contributed by atoms with van der Waals surface area (Å²) in [5, 5.41) is 0.671. The van der Waals surface area contributed by atoms with Gasteiger partial charge in [0.2, 0.25) is 5.78 Å². The number of hydrogen-bond donors (Lipinski definition) is 0. The monoisotopic (exact) mass is 466 g/mol. The Bertz CT molecular complexity index is 1230. The molecule has 1 aliphatic rings. The van der Waals surface area contributed by atoms with E-state index in [0.29, 0.717) is 51.5 Å². The van der Waals surface area contributed by atoms with Crippen LogP contribution in [0.3, 0.4) is 0 Å². The third-order valence-corrected chi connectivity index (χ3v) is 5.62. The van der Waals surface area contributed by atoms with Gasteiger partial charge in [0.25, 0.3) is 0 Å². The third-order valence-electron chi connectivity index (χ3n) is 5.37. The van der Waals surface area contributed by atoms with Gasteiger partial charge >= 0.3 is 0 Å². The van der Waals surface area contributed by atoms with Crippen molar-refractivity contribution in [2.24, 2.45) is 0 Å². The Hall–Kier alpha value is -3.64. The van der Waals surface area contributed by atoms with Crippen molar-refractivity contribution in [2.75, 3.05) is 21.3 Å². The molecule has 1 heterocycles.